The number of hydrogen-bond donors (Lipinski definition) is 1. The Balaban J connectivity index is 1.73. The van der Waals surface area contributed by atoms with E-state index < -0.39 is 0 Å². The summed E-state index contributed by atoms with van der Waals surface area (Å²) in [5.74, 6) is 0.0132. The van der Waals surface area contributed by atoms with Gasteiger partial charge in [0.1, 0.15) is 0 Å². The highest BCUT2D eigenvalue weighted by atomic mass is 16.3. The minimum Gasteiger partial charge on any atom is -0.394 e. The van der Waals surface area contributed by atoms with Crippen molar-refractivity contribution in [2.75, 3.05) is 24.7 Å². The summed E-state index contributed by atoms with van der Waals surface area (Å²) in [7, 11) is 0. The number of hydrogen-bond acceptors (Lipinski definition) is 4. The summed E-state index contributed by atoms with van der Waals surface area (Å²) in [6.45, 7) is 3.71. The average Bonchev–Trinajstić information content (AvgIpc) is 3.15. The summed E-state index contributed by atoms with van der Waals surface area (Å²) < 4.78 is 0. The molecule has 0 aromatic heterocycles. The van der Waals surface area contributed by atoms with Crippen molar-refractivity contribution in [2.24, 2.45) is 5.10 Å². The van der Waals surface area contributed by atoms with Gasteiger partial charge in [-0.1, -0.05) is 0 Å². The van der Waals surface area contributed by atoms with Crippen molar-refractivity contribution in [1.29, 1.82) is 0 Å². The highest BCUT2D eigenvalue weighted by Crippen LogP contribution is 2.23. The molecule has 0 bridgehead atoms. The minimum absolute atomic E-state index is 0.0132. The van der Waals surface area contributed by atoms with Crippen LogP contribution in [0.25, 0.3) is 0 Å². The van der Waals surface area contributed by atoms with Crippen molar-refractivity contribution in [2.45, 2.75) is 32.2 Å². The molecule has 0 radical (unpaired) electrons. The summed E-state index contributed by atoms with van der Waals surface area (Å²) in [5.41, 5.74) is 2.83. The predicted molar refractivity (Wildman–Crippen MR) is 82.7 cm³/mol. The third-order valence-electron chi connectivity index (χ3n) is 4.24. The number of anilines is 1. The van der Waals surface area contributed by atoms with Crippen LogP contribution in [0.5, 0.6) is 0 Å². The van der Waals surface area contributed by atoms with Crippen molar-refractivity contribution in [3.63, 3.8) is 0 Å². The van der Waals surface area contributed by atoms with Crippen molar-refractivity contribution in [3.05, 3.63) is 29.8 Å². The number of nitrogens with zero attached hydrogens (tertiary/aromatic N) is 3. The Hall–Kier alpha value is -1.88. The van der Waals surface area contributed by atoms with E-state index in [-0.39, 0.29) is 18.6 Å². The van der Waals surface area contributed by atoms with E-state index in [0.29, 0.717) is 5.56 Å². The smallest absolute Gasteiger partial charge is 0.254 e. The van der Waals surface area contributed by atoms with Gasteiger partial charge < -0.3 is 10.0 Å². The first-order chi connectivity index (χ1) is 10.2. The Morgan fingerprint density at radius 3 is 2.71 bits per heavy atom. The van der Waals surface area contributed by atoms with Gasteiger partial charge >= 0.3 is 0 Å². The van der Waals surface area contributed by atoms with E-state index in [9.17, 15) is 9.90 Å². The number of aliphatic hydroxyl groups is 1. The number of amides is 1. The zero-order chi connectivity index (χ0) is 14.8. The number of rotatable bonds is 3. The molecule has 1 fully saturated rings. The van der Waals surface area contributed by atoms with E-state index in [0.717, 1.165) is 43.8 Å². The van der Waals surface area contributed by atoms with Crippen molar-refractivity contribution in [3.8, 4) is 0 Å². The van der Waals surface area contributed by atoms with Crippen LogP contribution in [0.15, 0.2) is 29.4 Å². The summed E-state index contributed by atoms with van der Waals surface area (Å²) >= 11 is 0. The second-order valence-electron chi connectivity index (χ2n) is 5.73. The fourth-order valence-corrected chi connectivity index (χ4v) is 3.00. The number of carbonyl (C=O) groups excluding carboxylic acids is 1. The first-order valence-corrected chi connectivity index (χ1v) is 7.52. The van der Waals surface area contributed by atoms with Crippen LogP contribution in [-0.4, -0.2) is 47.4 Å². The zero-order valence-corrected chi connectivity index (χ0v) is 12.3. The minimum atomic E-state index is -0.0250. The number of likely N-dealkylation sites (tertiary alicyclic amines) is 1. The van der Waals surface area contributed by atoms with Gasteiger partial charge in [0.05, 0.1) is 18.3 Å². The standard InChI is InChI=1S/C16H21N3O2/c1-12-8-10-19(17-12)14-6-4-13(5-7-14)16(21)18-9-2-3-15(18)11-20/h4-7,15,20H,2-3,8-11H2,1H3. The number of carbonyl (C=O) groups is 1. The van der Waals surface area contributed by atoms with Crippen molar-refractivity contribution in [1.82, 2.24) is 4.90 Å². The second kappa shape index (κ2) is 5.85. The molecule has 1 aromatic carbocycles. The first kappa shape index (κ1) is 14.1. The van der Waals surface area contributed by atoms with Gasteiger partial charge in [-0.25, -0.2) is 0 Å². The van der Waals surface area contributed by atoms with Crippen LogP contribution < -0.4 is 5.01 Å². The number of hydrazone groups is 1. The summed E-state index contributed by atoms with van der Waals surface area (Å²) in [5, 5.41) is 15.8. The van der Waals surface area contributed by atoms with Crippen LogP contribution >= 0.6 is 0 Å². The Kier molecular flexibility index (Phi) is 3.92. The van der Waals surface area contributed by atoms with E-state index in [1.807, 2.05) is 36.2 Å². The van der Waals surface area contributed by atoms with Gasteiger partial charge in [-0.3, -0.25) is 9.80 Å². The molecule has 1 amide bonds. The predicted octanol–water partition coefficient (Wildman–Crippen LogP) is 1.87. The highest BCUT2D eigenvalue weighted by molar-refractivity contribution is 5.95. The van der Waals surface area contributed by atoms with Crippen LogP contribution in [0.4, 0.5) is 5.69 Å². The van der Waals surface area contributed by atoms with E-state index in [4.69, 9.17) is 0 Å². The molecule has 2 aliphatic heterocycles. The maximum absolute atomic E-state index is 12.5. The van der Waals surface area contributed by atoms with E-state index in [1.165, 1.54) is 0 Å². The van der Waals surface area contributed by atoms with Crippen LogP contribution in [0, 0.1) is 0 Å². The molecule has 3 rings (SSSR count). The molecule has 1 N–H and O–H groups in total. The molecule has 1 atom stereocenters. The molecule has 21 heavy (non-hydrogen) atoms. The second-order valence-corrected chi connectivity index (χ2v) is 5.73. The molecule has 112 valence electrons. The number of aliphatic hydroxyl groups excluding tert-OH is 1. The quantitative estimate of drug-likeness (QED) is 0.923. The van der Waals surface area contributed by atoms with Gasteiger partial charge in [0.25, 0.3) is 5.91 Å². The summed E-state index contributed by atoms with van der Waals surface area (Å²) in [4.78, 5) is 14.3. The van der Waals surface area contributed by atoms with Gasteiger partial charge in [0, 0.05) is 30.8 Å². The molecule has 5 heteroatoms. The van der Waals surface area contributed by atoms with Crippen molar-refractivity contribution >= 4 is 17.3 Å². The molecule has 2 aliphatic rings. The van der Waals surface area contributed by atoms with Gasteiger partial charge in [0.15, 0.2) is 0 Å². The Labute approximate surface area is 124 Å². The van der Waals surface area contributed by atoms with Crippen LogP contribution in [0.3, 0.4) is 0 Å². The van der Waals surface area contributed by atoms with Gasteiger partial charge in [0.2, 0.25) is 0 Å². The first-order valence-electron chi connectivity index (χ1n) is 7.52. The fraction of sp³-hybridized carbons (Fsp3) is 0.500. The van der Waals surface area contributed by atoms with Gasteiger partial charge in [-0.2, -0.15) is 5.10 Å². The van der Waals surface area contributed by atoms with E-state index in [2.05, 4.69) is 5.10 Å². The maximum Gasteiger partial charge on any atom is 0.254 e. The molecule has 1 unspecified atom stereocenters. The molecule has 1 saturated heterocycles. The van der Waals surface area contributed by atoms with Crippen LogP contribution in [0.2, 0.25) is 0 Å². The molecule has 0 spiro atoms. The molecule has 0 aliphatic carbocycles. The average molecular weight is 287 g/mol. The van der Waals surface area contributed by atoms with Gasteiger partial charge in [-0.15, -0.1) is 0 Å². The van der Waals surface area contributed by atoms with Gasteiger partial charge in [-0.05, 0) is 44.0 Å². The van der Waals surface area contributed by atoms with E-state index in [1.54, 1.807) is 4.90 Å². The monoisotopic (exact) mass is 287 g/mol. The largest absolute Gasteiger partial charge is 0.394 e. The third-order valence-corrected chi connectivity index (χ3v) is 4.24. The molecule has 5 nitrogen and oxygen atoms in total. The molecule has 0 saturated carbocycles. The Bertz CT molecular complexity index is 553. The highest BCUT2D eigenvalue weighted by Gasteiger charge is 2.28. The molecular weight excluding hydrogens is 266 g/mol. The maximum atomic E-state index is 12.5. The lowest BCUT2D eigenvalue weighted by Gasteiger charge is -2.23. The lowest BCUT2D eigenvalue weighted by Crippen LogP contribution is -2.37. The Morgan fingerprint density at radius 2 is 2.10 bits per heavy atom. The number of benzene rings is 1. The third kappa shape index (κ3) is 2.78. The fourth-order valence-electron chi connectivity index (χ4n) is 3.00. The SMILES string of the molecule is CC1=NN(c2ccc(C(=O)N3CCCC3CO)cc2)CC1. The lowest BCUT2D eigenvalue weighted by molar-refractivity contribution is 0.0677. The zero-order valence-electron chi connectivity index (χ0n) is 12.3. The summed E-state index contributed by atoms with van der Waals surface area (Å²) in [6.07, 6.45) is 2.85. The van der Waals surface area contributed by atoms with Crippen molar-refractivity contribution < 1.29 is 9.90 Å². The summed E-state index contributed by atoms with van der Waals surface area (Å²) in [6, 6.07) is 7.57. The van der Waals surface area contributed by atoms with E-state index >= 15 is 0 Å². The lowest BCUT2D eigenvalue weighted by atomic mass is 10.1. The van der Waals surface area contributed by atoms with Crippen LogP contribution in [0.1, 0.15) is 36.5 Å². The topological polar surface area (TPSA) is 56.1 Å². The van der Waals surface area contributed by atoms with Crippen LogP contribution in [-0.2, 0) is 0 Å². The molecule has 2 heterocycles. The molecule has 1 aromatic rings. The molecular formula is C16H21N3O2. The Morgan fingerprint density at radius 1 is 1.33 bits per heavy atom. The normalized spacial score (nSPS) is 21.8.